The third-order valence-corrected chi connectivity index (χ3v) is 3.84. The van der Waals surface area contributed by atoms with Crippen molar-refractivity contribution in [3.63, 3.8) is 0 Å². The van der Waals surface area contributed by atoms with Gasteiger partial charge in [-0.3, -0.25) is 4.99 Å². The second kappa shape index (κ2) is 4.78. The van der Waals surface area contributed by atoms with Gasteiger partial charge < -0.3 is 10.6 Å². The van der Waals surface area contributed by atoms with Crippen LogP contribution >= 0.6 is 0 Å². The number of rotatable bonds is 3. The molecule has 2 fully saturated rings. The van der Waals surface area contributed by atoms with E-state index >= 15 is 0 Å². The van der Waals surface area contributed by atoms with Gasteiger partial charge >= 0.3 is 0 Å². The van der Waals surface area contributed by atoms with Crippen LogP contribution in [0.25, 0.3) is 0 Å². The van der Waals surface area contributed by atoms with Gasteiger partial charge in [-0.05, 0) is 25.7 Å². The Bertz CT molecular complexity index is 300. The molecule has 17 heavy (non-hydrogen) atoms. The molecule has 0 saturated heterocycles. The Kier molecular flexibility index (Phi) is 3.54. The molecule has 0 bridgehead atoms. The van der Waals surface area contributed by atoms with E-state index in [9.17, 15) is 8.78 Å². The lowest BCUT2D eigenvalue weighted by Crippen LogP contribution is -2.38. The Hall–Kier alpha value is -0.870. The predicted molar refractivity (Wildman–Crippen MR) is 64.2 cm³/mol. The highest BCUT2D eigenvalue weighted by Gasteiger charge is 2.41. The third-order valence-electron chi connectivity index (χ3n) is 3.84. The first-order valence-electron chi connectivity index (χ1n) is 6.41. The molecule has 5 heteroatoms. The zero-order chi connectivity index (χ0) is 12.5. The topological polar surface area (TPSA) is 41.6 Å². The highest BCUT2D eigenvalue weighted by Crippen LogP contribution is 2.38. The van der Waals surface area contributed by atoms with Crippen LogP contribution in [0.2, 0.25) is 0 Å². The Morgan fingerprint density at radius 1 is 1.35 bits per heavy atom. The number of hydrogen-bond acceptors (Lipinski definition) is 1. The van der Waals surface area contributed by atoms with E-state index in [-0.39, 0.29) is 13.0 Å². The fraction of sp³-hybridized carbons (Fsp3) is 0.917. The molecule has 0 radical (unpaired) electrons. The van der Waals surface area contributed by atoms with Gasteiger partial charge in [-0.15, -0.1) is 0 Å². The second-order valence-corrected chi connectivity index (χ2v) is 5.24. The first-order chi connectivity index (χ1) is 8.00. The quantitative estimate of drug-likeness (QED) is 0.612. The van der Waals surface area contributed by atoms with Crippen molar-refractivity contribution in [1.82, 2.24) is 4.90 Å². The van der Waals surface area contributed by atoms with Crippen LogP contribution in [-0.4, -0.2) is 36.4 Å². The van der Waals surface area contributed by atoms with Crippen LogP contribution in [0.3, 0.4) is 0 Å². The summed E-state index contributed by atoms with van der Waals surface area (Å²) in [6.45, 7) is 0.163. The van der Waals surface area contributed by atoms with Crippen LogP contribution in [0, 0.1) is 5.92 Å². The van der Waals surface area contributed by atoms with Crippen LogP contribution in [0.1, 0.15) is 38.5 Å². The van der Waals surface area contributed by atoms with Gasteiger partial charge in [0.15, 0.2) is 5.96 Å². The minimum absolute atomic E-state index is 0.00551. The molecule has 0 spiro atoms. The number of nitrogens with zero attached hydrogens (tertiary/aromatic N) is 2. The van der Waals surface area contributed by atoms with E-state index in [4.69, 9.17) is 5.73 Å². The van der Waals surface area contributed by atoms with Crippen LogP contribution in [0.4, 0.5) is 8.78 Å². The predicted octanol–water partition coefficient (Wildman–Crippen LogP) is 2.22. The van der Waals surface area contributed by atoms with E-state index < -0.39 is 11.8 Å². The molecule has 0 amide bonds. The Morgan fingerprint density at radius 3 is 2.65 bits per heavy atom. The molecule has 2 aliphatic rings. The van der Waals surface area contributed by atoms with Crippen LogP contribution in [-0.2, 0) is 0 Å². The van der Waals surface area contributed by atoms with Crippen LogP contribution < -0.4 is 5.73 Å². The molecule has 2 rings (SSSR count). The molecule has 0 aromatic heterocycles. The standard InChI is InChI=1S/C12H21F2N3/c1-17(10-5-6-10)11(15)16-8-9-4-2-3-7-12(9,13)14/h9-10H,2-8H2,1H3,(H2,15,16). The Morgan fingerprint density at radius 2 is 2.06 bits per heavy atom. The summed E-state index contributed by atoms with van der Waals surface area (Å²) in [7, 11) is 1.88. The van der Waals surface area contributed by atoms with Crippen molar-refractivity contribution in [3.8, 4) is 0 Å². The minimum atomic E-state index is -2.56. The molecule has 3 nitrogen and oxygen atoms in total. The summed E-state index contributed by atoms with van der Waals surface area (Å²) in [4.78, 5) is 6.05. The molecule has 0 aromatic rings. The van der Waals surface area contributed by atoms with Crippen LogP contribution in [0.5, 0.6) is 0 Å². The van der Waals surface area contributed by atoms with E-state index in [1.165, 1.54) is 0 Å². The third kappa shape index (κ3) is 3.07. The van der Waals surface area contributed by atoms with Crippen molar-refractivity contribution in [1.29, 1.82) is 0 Å². The lowest BCUT2D eigenvalue weighted by Gasteiger charge is -2.30. The average Bonchev–Trinajstić information content (AvgIpc) is 3.09. The van der Waals surface area contributed by atoms with Crippen molar-refractivity contribution < 1.29 is 8.78 Å². The summed E-state index contributed by atoms with van der Waals surface area (Å²) in [6, 6.07) is 0.477. The van der Waals surface area contributed by atoms with Crippen molar-refractivity contribution in [3.05, 3.63) is 0 Å². The lowest BCUT2D eigenvalue weighted by molar-refractivity contribution is -0.0815. The minimum Gasteiger partial charge on any atom is -0.370 e. The van der Waals surface area contributed by atoms with Gasteiger partial charge in [0.05, 0.1) is 6.54 Å². The summed E-state index contributed by atoms with van der Waals surface area (Å²) in [5.74, 6) is -2.77. The zero-order valence-corrected chi connectivity index (χ0v) is 10.3. The van der Waals surface area contributed by atoms with Gasteiger partial charge in [-0.2, -0.15) is 0 Å². The summed E-state index contributed by atoms with van der Waals surface area (Å²) in [6.07, 6.45) is 4.35. The lowest BCUT2D eigenvalue weighted by atomic mass is 9.86. The van der Waals surface area contributed by atoms with E-state index in [0.717, 1.165) is 19.3 Å². The van der Waals surface area contributed by atoms with Crippen molar-refractivity contribution in [2.75, 3.05) is 13.6 Å². The fourth-order valence-electron chi connectivity index (χ4n) is 2.36. The van der Waals surface area contributed by atoms with Gasteiger partial charge in [0.2, 0.25) is 0 Å². The summed E-state index contributed by atoms with van der Waals surface area (Å²) in [5, 5.41) is 0. The summed E-state index contributed by atoms with van der Waals surface area (Å²) >= 11 is 0. The van der Waals surface area contributed by atoms with E-state index in [1.807, 2.05) is 11.9 Å². The van der Waals surface area contributed by atoms with Crippen molar-refractivity contribution >= 4 is 5.96 Å². The van der Waals surface area contributed by atoms with Crippen molar-refractivity contribution in [2.45, 2.75) is 50.5 Å². The molecule has 0 aliphatic heterocycles. The molecule has 2 aliphatic carbocycles. The molecule has 2 saturated carbocycles. The monoisotopic (exact) mass is 245 g/mol. The zero-order valence-electron chi connectivity index (χ0n) is 10.3. The van der Waals surface area contributed by atoms with Gasteiger partial charge in [-0.1, -0.05) is 6.42 Å². The molecule has 1 unspecified atom stereocenters. The molecular weight excluding hydrogens is 224 g/mol. The largest absolute Gasteiger partial charge is 0.370 e. The number of guanidine groups is 1. The van der Waals surface area contributed by atoms with Crippen molar-refractivity contribution in [2.24, 2.45) is 16.6 Å². The molecule has 98 valence electrons. The maximum absolute atomic E-state index is 13.6. The number of halogens is 2. The number of alkyl halides is 2. The smallest absolute Gasteiger partial charge is 0.252 e. The summed E-state index contributed by atoms with van der Waals surface area (Å²) in [5.41, 5.74) is 5.79. The molecular formula is C12H21F2N3. The molecule has 0 aromatic carbocycles. The Labute approximate surface area is 101 Å². The van der Waals surface area contributed by atoms with E-state index in [1.54, 1.807) is 0 Å². The maximum Gasteiger partial charge on any atom is 0.252 e. The van der Waals surface area contributed by atoms with E-state index in [0.29, 0.717) is 24.8 Å². The van der Waals surface area contributed by atoms with Gasteiger partial charge in [0, 0.05) is 25.4 Å². The number of nitrogens with two attached hydrogens (primary N) is 1. The molecule has 1 atom stereocenters. The normalized spacial score (nSPS) is 29.1. The van der Waals surface area contributed by atoms with Crippen LogP contribution in [0.15, 0.2) is 4.99 Å². The number of aliphatic imine (C=N–C) groups is 1. The SMILES string of the molecule is CN(C(N)=NCC1CCCCC1(F)F)C1CC1. The van der Waals surface area contributed by atoms with Gasteiger partial charge in [0.1, 0.15) is 0 Å². The molecule has 0 heterocycles. The fourth-order valence-corrected chi connectivity index (χ4v) is 2.36. The average molecular weight is 245 g/mol. The summed E-state index contributed by atoms with van der Waals surface area (Å²) < 4.78 is 27.1. The first-order valence-corrected chi connectivity index (χ1v) is 6.41. The molecule has 2 N–H and O–H groups in total. The number of hydrogen-bond donors (Lipinski definition) is 1. The first kappa shape index (κ1) is 12.6. The highest BCUT2D eigenvalue weighted by molar-refractivity contribution is 5.78. The van der Waals surface area contributed by atoms with Gasteiger partial charge in [-0.25, -0.2) is 8.78 Å². The Balaban J connectivity index is 1.89. The maximum atomic E-state index is 13.6. The highest BCUT2D eigenvalue weighted by atomic mass is 19.3. The van der Waals surface area contributed by atoms with Gasteiger partial charge in [0.25, 0.3) is 5.92 Å². The second-order valence-electron chi connectivity index (χ2n) is 5.24. The van der Waals surface area contributed by atoms with E-state index in [2.05, 4.69) is 4.99 Å².